The van der Waals surface area contributed by atoms with Gasteiger partial charge >= 0.3 is 8.60 Å². The van der Waals surface area contributed by atoms with Crippen molar-refractivity contribution in [3.05, 3.63) is 60.7 Å². The van der Waals surface area contributed by atoms with E-state index in [2.05, 4.69) is 13.8 Å². The maximum Gasteiger partial charge on any atom is 0.463 e. The number of benzene rings is 2. The van der Waals surface area contributed by atoms with Crippen molar-refractivity contribution in [2.45, 2.75) is 13.8 Å². The van der Waals surface area contributed by atoms with Gasteiger partial charge in [0.25, 0.3) is 0 Å². The Labute approximate surface area is 121 Å². The Morgan fingerprint density at radius 2 is 1.25 bits per heavy atom. The van der Waals surface area contributed by atoms with Crippen LogP contribution in [0, 0.1) is 5.92 Å². The van der Waals surface area contributed by atoms with E-state index in [0.29, 0.717) is 12.5 Å². The quantitative estimate of drug-likeness (QED) is 0.668. The molecule has 0 heterocycles. The van der Waals surface area contributed by atoms with Gasteiger partial charge in [-0.3, -0.25) is 4.52 Å². The molecule has 0 amide bonds. The molecule has 2 rings (SSSR count). The summed E-state index contributed by atoms with van der Waals surface area (Å²) in [5.74, 6) is 1.93. The second-order valence-corrected chi connectivity index (χ2v) is 5.79. The fourth-order valence-electron chi connectivity index (χ4n) is 1.42. The molecular formula is C16H19O3P. The highest BCUT2D eigenvalue weighted by atomic mass is 31.2. The second-order valence-electron chi connectivity index (χ2n) is 4.72. The largest absolute Gasteiger partial charge is 0.463 e. The van der Waals surface area contributed by atoms with Crippen molar-refractivity contribution in [2.75, 3.05) is 6.61 Å². The lowest BCUT2D eigenvalue weighted by Crippen LogP contribution is -2.05. The molecular weight excluding hydrogens is 271 g/mol. The Balaban J connectivity index is 2.00. The Morgan fingerprint density at radius 1 is 0.800 bits per heavy atom. The van der Waals surface area contributed by atoms with Crippen molar-refractivity contribution in [3.63, 3.8) is 0 Å². The highest BCUT2D eigenvalue weighted by molar-refractivity contribution is 7.42. The minimum absolute atomic E-state index is 0.429. The van der Waals surface area contributed by atoms with E-state index in [4.69, 9.17) is 13.6 Å². The number of para-hydroxylation sites is 2. The van der Waals surface area contributed by atoms with Gasteiger partial charge in [-0.2, -0.15) is 0 Å². The van der Waals surface area contributed by atoms with Crippen LogP contribution >= 0.6 is 8.60 Å². The van der Waals surface area contributed by atoms with Crippen LogP contribution in [0.4, 0.5) is 0 Å². The van der Waals surface area contributed by atoms with Crippen molar-refractivity contribution in [2.24, 2.45) is 5.92 Å². The molecule has 2 aromatic rings. The topological polar surface area (TPSA) is 27.7 Å². The van der Waals surface area contributed by atoms with Crippen LogP contribution in [0.2, 0.25) is 0 Å². The summed E-state index contributed by atoms with van der Waals surface area (Å²) in [5.41, 5.74) is 0. The Hall–Kier alpha value is -1.57. The van der Waals surface area contributed by atoms with E-state index < -0.39 is 8.60 Å². The normalized spacial score (nSPS) is 10.8. The van der Waals surface area contributed by atoms with Crippen LogP contribution in [0.25, 0.3) is 0 Å². The lowest BCUT2D eigenvalue weighted by atomic mass is 10.2. The third-order valence-corrected chi connectivity index (χ3v) is 3.44. The maximum absolute atomic E-state index is 5.79. The lowest BCUT2D eigenvalue weighted by Gasteiger charge is -2.18. The van der Waals surface area contributed by atoms with Crippen LogP contribution in [0.3, 0.4) is 0 Å². The van der Waals surface area contributed by atoms with Crippen LogP contribution in [-0.2, 0) is 4.52 Å². The summed E-state index contributed by atoms with van der Waals surface area (Å²) < 4.78 is 17.3. The molecule has 20 heavy (non-hydrogen) atoms. The first-order chi connectivity index (χ1) is 9.74. The summed E-state index contributed by atoms with van der Waals surface area (Å²) in [4.78, 5) is 0. The van der Waals surface area contributed by atoms with Gasteiger partial charge in [-0.15, -0.1) is 0 Å². The first kappa shape index (κ1) is 14.8. The first-order valence-electron chi connectivity index (χ1n) is 6.63. The minimum atomic E-state index is -1.45. The Morgan fingerprint density at radius 3 is 1.65 bits per heavy atom. The molecule has 0 saturated carbocycles. The molecule has 0 radical (unpaired) electrons. The molecule has 0 unspecified atom stereocenters. The number of hydrogen-bond donors (Lipinski definition) is 0. The first-order valence-corrected chi connectivity index (χ1v) is 7.72. The van der Waals surface area contributed by atoms with Crippen LogP contribution < -0.4 is 9.05 Å². The Bertz CT molecular complexity index is 446. The van der Waals surface area contributed by atoms with Gasteiger partial charge in [0.15, 0.2) is 0 Å². The number of hydrogen-bond acceptors (Lipinski definition) is 3. The molecule has 4 heteroatoms. The van der Waals surface area contributed by atoms with E-state index in [1.807, 2.05) is 60.7 Å². The van der Waals surface area contributed by atoms with Crippen LogP contribution in [-0.4, -0.2) is 6.61 Å². The molecule has 0 bridgehead atoms. The van der Waals surface area contributed by atoms with E-state index in [-0.39, 0.29) is 0 Å². The molecule has 0 N–H and O–H groups in total. The number of rotatable bonds is 7. The van der Waals surface area contributed by atoms with Gasteiger partial charge in [-0.25, -0.2) is 0 Å². The van der Waals surface area contributed by atoms with Gasteiger partial charge in [0, 0.05) is 0 Å². The Kier molecular flexibility index (Phi) is 5.85. The third-order valence-electron chi connectivity index (χ3n) is 2.36. The van der Waals surface area contributed by atoms with Crippen molar-refractivity contribution >= 4 is 8.60 Å². The molecule has 106 valence electrons. The average Bonchev–Trinajstić information content (AvgIpc) is 2.47. The van der Waals surface area contributed by atoms with E-state index >= 15 is 0 Å². The maximum atomic E-state index is 5.79. The summed E-state index contributed by atoms with van der Waals surface area (Å²) in [5, 5.41) is 0. The standard InChI is InChI=1S/C16H19O3P/c1-14(2)13-17-20(18-15-9-5-3-6-10-15)19-16-11-7-4-8-12-16/h3-12,14H,13H2,1-2H3. The zero-order valence-electron chi connectivity index (χ0n) is 11.7. The summed E-state index contributed by atoms with van der Waals surface area (Å²) in [6.07, 6.45) is 0. The predicted octanol–water partition coefficient (Wildman–Crippen LogP) is 5.04. The highest BCUT2D eigenvalue weighted by Gasteiger charge is 2.17. The molecule has 0 saturated heterocycles. The van der Waals surface area contributed by atoms with Crippen molar-refractivity contribution < 1.29 is 13.6 Å². The van der Waals surface area contributed by atoms with E-state index in [1.165, 1.54) is 0 Å². The predicted molar refractivity (Wildman–Crippen MR) is 81.9 cm³/mol. The van der Waals surface area contributed by atoms with E-state index in [0.717, 1.165) is 11.5 Å². The lowest BCUT2D eigenvalue weighted by molar-refractivity contribution is 0.234. The molecule has 2 aromatic carbocycles. The van der Waals surface area contributed by atoms with E-state index in [1.54, 1.807) is 0 Å². The molecule has 0 atom stereocenters. The molecule has 3 nitrogen and oxygen atoms in total. The summed E-state index contributed by atoms with van der Waals surface area (Å²) in [6.45, 7) is 4.79. The zero-order chi connectivity index (χ0) is 14.2. The monoisotopic (exact) mass is 290 g/mol. The minimum Gasteiger partial charge on any atom is -0.418 e. The molecule has 0 spiro atoms. The smallest absolute Gasteiger partial charge is 0.418 e. The zero-order valence-corrected chi connectivity index (χ0v) is 12.6. The van der Waals surface area contributed by atoms with Crippen molar-refractivity contribution in [1.82, 2.24) is 0 Å². The summed E-state index contributed by atoms with van der Waals surface area (Å²) in [6, 6.07) is 19.2. The fraction of sp³-hybridized carbons (Fsp3) is 0.250. The van der Waals surface area contributed by atoms with Crippen molar-refractivity contribution in [1.29, 1.82) is 0 Å². The van der Waals surface area contributed by atoms with Gasteiger partial charge in [0.05, 0.1) is 6.61 Å². The van der Waals surface area contributed by atoms with E-state index in [9.17, 15) is 0 Å². The van der Waals surface area contributed by atoms with Crippen LogP contribution in [0.1, 0.15) is 13.8 Å². The molecule has 0 fully saturated rings. The fourth-order valence-corrected chi connectivity index (χ4v) is 2.57. The summed E-state index contributed by atoms with van der Waals surface area (Å²) >= 11 is 0. The van der Waals surface area contributed by atoms with Gasteiger partial charge in [0.1, 0.15) is 11.5 Å². The van der Waals surface area contributed by atoms with Gasteiger partial charge < -0.3 is 9.05 Å². The van der Waals surface area contributed by atoms with Crippen LogP contribution in [0.15, 0.2) is 60.7 Å². The third kappa shape index (κ3) is 5.20. The second kappa shape index (κ2) is 7.88. The van der Waals surface area contributed by atoms with Crippen molar-refractivity contribution in [3.8, 4) is 11.5 Å². The van der Waals surface area contributed by atoms with Gasteiger partial charge in [0.2, 0.25) is 0 Å². The van der Waals surface area contributed by atoms with Crippen LogP contribution in [0.5, 0.6) is 11.5 Å². The summed E-state index contributed by atoms with van der Waals surface area (Å²) in [7, 11) is -1.45. The van der Waals surface area contributed by atoms with Gasteiger partial charge in [-0.05, 0) is 30.2 Å². The molecule has 0 aliphatic rings. The average molecular weight is 290 g/mol. The SMILES string of the molecule is CC(C)COP(Oc1ccccc1)Oc1ccccc1. The van der Waals surface area contributed by atoms with Gasteiger partial charge in [-0.1, -0.05) is 50.2 Å². The highest BCUT2D eigenvalue weighted by Crippen LogP contribution is 2.41. The molecule has 0 aromatic heterocycles. The molecule has 0 aliphatic heterocycles. The molecule has 0 aliphatic carbocycles.